The Hall–Kier alpha value is -3.80. The number of para-hydroxylation sites is 1. The summed E-state index contributed by atoms with van der Waals surface area (Å²) in [6, 6.07) is 21.4. The zero-order chi connectivity index (χ0) is 21.5. The highest BCUT2D eigenvalue weighted by Gasteiger charge is 2.40. The first-order valence-electron chi connectivity index (χ1n) is 10.1. The Bertz CT molecular complexity index is 1140. The van der Waals surface area contributed by atoms with E-state index < -0.39 is 18.0 Å². The number of rotatable bonds is 4. The summed E-state index contributed by atoms with van der Waals surface area (Å²) in [5.74, 6) is -1.41. The lowest BCUT2D eigenvalue weighted by atomic mass is 9.98. The Labute approximate surface area is 179 Å². The standard InChI is InChI=1S/C25H21NO5/c1-30-22-12-6-11-19-20(24(27)28)13-26(23(19)22)25(29)31-14-21-17-9-4-2-7-15(17)16-8-3-5-10-18(16)21/h2-12,20-21H,13-14H2,1H3,(H,27,28). The number of aliphatic carboxylic acids is 1. The number of anilines is 1. The van der Waals surface area contributed by atoms with Gasteiger partial charge in [0, 0.05) is 12.5 Å². The molecule has 0 aromatic heterocycles. The van der Waals surface area contributed by atoms with Crippen molar-refractivity contribution in [2.75, 3.05) is 25.2 Å². The van der Waals surface area contributed by atoms with Crippen LogP contribution in [-0.2, 0) is 9.53 Å². The third kappa shape index (κ3) is 3.03. The number of nitrogens with zero attached hydrogens (tertiary/aromatic N) is 1. The van der Waals surface area contributed by atoms with Crippen LogP contribution >= 0.6 is 0 Å². The highest BCUT2D eigenvalue weighted by Crippen LogP contribution is 2.46. The smallest absolute Gasteiger partial charge is 0.414 e. The van der Waals surface area contributed by atoms with Gasteiger partial charge in [0.05, 0.1) is 12.8 Å². The van der Waals surface area contributed by atoms with Crippen LogP contribution in [0, 0.1) is 0 Å². The molecule has 0 saturated carbocycles. The Morgan fingerprint density at radius 1 is 0.935 bits per heavy atom. The van der Waals surface area contributed by atoms with Gasteiger partial charge in [0.1, 0.15) is 18.3 Å². The molecule has 1 atom stereocenters. The molecule has 0 radical (unpaired) electrons. The van der Waals surface area contributed by atoms with Crippen LogP contribution in [0.25, 0.3) is 11.1 Å². The first kappa shape index (κ1) is 19.2. The van der Waals surface area contributed by atoms with Gasteiger partial charge in [-0.05, 0) is 33.9 Å². The molecule has 1 N–H and O–H groups in total. The molecule has 1 heterocycles. The SMILES string of the molecule is COc1cccc2c1N(C(=O)OCC1c3ccccc3-c3ccccc31)CC2C(=O)O. The second-order valence-electron chi connectivity index (χ2n) is 7.70. The number of methoxy groups -OCH3 is 1. The van der Waals surface area contributed by atoms with E-state index in [1.807, 2.05) is 24.3 Å². The average Bonchev–Trinajstić information content (AvgIpc) is 3.34. The van der Waals surface area contributed by atoms with Crippen LogP contribution in [-0.4, -0.2) is 37.4 Å². The lowest BCUT2D eigenvalue weighted by Gasteiger charge is -2.21. The lowest BCUT2D eigenvalue weighted by molar-refractivity contribution is -0.138. The third-order valence-corrected chi connectivity index (χ3v) is 6.12. The summed E-state index contributed by atoms with van der Waals surface area (Å²) >= 11 is 0. The van der Waals surface area contributed by atoms with Crippen molar-refractivity contribution in [2.45, 2.75) is 11.8 Å². The number of hydrogen-bond donors (Lipinski definition) is 1. The van der Waals surface area contributed by atoms with Gasteiger partial charge in [0.2, 0.25) is 0 Å². The summed E-state index contributed by atoms with van der Waals surface area (Å²) in [5, 5.41) is 9.62. The molecular weight excluding hydrogens is 394 g/mol. The van der Waals surface area contributed by atoms with Crippen LogP contribution in [0.3, 0.4) is 0 Å². The van der Waals surface area contributed by atoms with E-state index in [1.54, 1.807) is 18.2 Å². The fourth-order valence-corrected chi connectivity index (χ4v) is 4.70. The van der Waals surface area contributed by atoms with Gasteiger partial charge in [-0.3, -0.25) is 9.69 Å². The second kappa shape index (κ2) is 7.47. The minimum absolute atomic E-state index is 0.0156. The zero-order valence-electron chi connectivity index (χ0n) is 16.9. The normalized spacial score (nSPS) is 16.4. The quantitative estimate of drug-likeness (QED) is 0.672. The number of amides is 1. The molecule has 31 heavy (non-hydrogen) atoms. The molecule has 1 unspecified atom stereocenters. The van der Waals surface area contributed by atoms with E-state index in [0.29, 0.717) is 17.0 Å². The van der Waals surface area contributed by atoms with Crippen LogP contribution in [0.5, 0.6) is 5.75 Å². The fraction of sp³-hybridized carbons (Fsp3) is 0.200. The van der Waals surface area contributed by atoms with Gasteiger partial charge in [0.15, 0.2) is 0 Å². The number of hydrogen-bond acceptors (Lipinski definition) is 4. The molecule has 0 saturated heterocycles. The first-order chi connectivity index (χ1) is 15.1. The van der Waals surface area contributed by atoms with Crippen molar-refractivity contribution in [3.8, 4) is 16.9 Å². The molecule has 0 bridgehead atoms. The summed E-state index contributed by atoms with van der Waals surface area (Å²) < 4.78 is 11.1. The predicted molar refractivity (Wildman–Crippen MR) is 116 cm³/mol. The van der Waals surface area contributed by atoms with Crippen molar-refractivity contribution < 1.29 is 24.2 Å². The van der Waals surface area contributed by atoms with Crippen LogP contribution in [0.2, 0.25) is 0 Å². The first-order valence-corrected chi connectivity index (χ1v) is 10.1. The molecule has 2 aliphatic rings. The molecule has 1 amide bonds. The Morgan fingerprint density at radius 3 is 2.16 bits per heavy atom. The monoisotopic (exact) mass is 415 g/mol. The maximum Gasteiger partial charge on any atom is 0.414 e. The molecule has 3 aromatic rings. The summed E-state index contributed by atoms with van der Waals surface area (Å²) in [6.45, 7) is 0.188. The van der Waals surface area contributed by atoms with E-state index in [2.05, 4.69) is 24.3 Å². The van der Waals surface area contributed by atoms with Gasteiger partial charge < -0.3 is 14.6 Å². The summed E-state index contributed by atoms with van der Waals surface area (Å²) in [4.78, 5) is 26.2. The molecule has 1 aliphatic heterocycles. The van der Waals surface area contributed by atoms with Crippen molar-refractivity contribution >= 4 is 17.7 Å². The molecule has 6 nitrogen and oxygen atoms in total. The Balaban J connectivity index is 1.42. The number of ether oxygens (including phenoxy) is 2. The molecule has 0 fully saturated rings. The van der Waals surface area contributed by atoms with Crippen LogP contribution in [0.15, 0.2) is 66.7 Å². The highest BCUT2D eigenvalue weighted by molar-refractivity contribution is 5.97. The van der Waals surface area contributed by atoms with Gasteiger partial charge in [-0.1, -0.05) is 60.7 Å². The van der Waals surface area contributed by atoms with Crippen LogP contribution in [0.4, 0.5) is 10.5 Å². The van der Waals surface area contributed by atoms with E-state index in [9.17, 15) is 14.7 Å². The van der Waals surface area contributed by atoms with Crippen LogP contribution in [0.1, 0.15) is 28.5 Å². The lowest BCUT2D eigenvalue weighted by Crippen LogP contribution is -2.33. The minimum atomic E-state index is -0.983. The molecule has 0 spiro atoms. The van der Waals surface area contributed by atoms with Crippen molar-refractivity contribution in [1.29, 1.82) is 0 Å². The maximum absolute atomic E-state index is 13.1. The van der Waals surface area contributed by atoms with E-state index in [1.165, 1.54) is 12.0 Å². The number of carbonyl (C=O) groups is 2. The molecule has 6 heteroatoms. The van der Waals surface area contributed by atoms with E-state index in [-0.39, 0.29) is 19.1 Å². The number of fused-ring (bicyclic) bond motifs is 4. The molecular formula is C25H21NO5. The summed E-state index contributed by atoms with van der Waals surface area (Å²) in [5.41, 5.74) is 5.57. The Kier molecular flexibility index (Phi) is 4.62. The van der Waals surface area contributed by atoms with Crippen molar-refractivity contribution in [2.24, 2.45) is 0 Å². The molecule has 156 valence electrons. The Morgan fingerprint density at radius 2 is 1.55 bits per heavy atom. The minimum Gasteiger partial charge on any atom is -0.495 e. The number of carboxylic acids is 1. The van der Waals surface area contributed by atoms with Crippen LogP contribution < -0.4 is 9.64 Å². The van der Waals surface area contributed by atoms with Gasteiger partial charge in [-0.2, -0.15) is 0 Å². The fourth-order valence-electron chi connectivity index (χ4n) is 4.70. The van der Waals surface area contributed by atoms with Crippen molar-refractivity contribution in [1.82, 2.24) is 0 Å². The zero-order valence-corrected chi connectivity index (χ0v) is 16.9. The van der Waals surface area contributed by atoms with Gasteiger partial charge in [-0.15, -0.1) is 0 Å². The second-order valence-corrected chi connectivity index (χ2v) is 7.70. The van der Waals surface area contributed by atoms with Crippen molar-refractivity contribution in [3.05, 3.63) is 83.4 Å². The number of carboxylic acid groups (broad SMARTS) is 1. The molecule has 5 rings (SSSR count). The van der Waals surface area contributed by atoms with E-state index in [0.717, 1.165) is 22.3 Å². The highest BCUT2D eigenvalue weighted by atomic mass is 16.6. The largest absolute Gasteiger partial charge is 0.495 e. The van der Waals surface area contributed by atoms with Gasteiger partial charge in [-0.25, -0.2) is 4.79 Å². The summed E-state index contributed by atoms with van der Waals surface area (Å²) in [6.07, 6.45) is -0.573. The molecule has 1 aliphatic carbocycles. The van der Waals surface area contributed by atoms with Gasteiger partial charge >= 0.3 is 12.1 Å². The van der Waals surface area contributed by atoms with E-state index in [4.69, 9.17) is 9.47 Å². The molecule has 3 aromatic carbocycles. The average molecular weight is 415 g/mol. The third-order valence-electron chi connectivity index (χ3n) is 6.12. The number of benzene rings is 3. The topological polar surface area (TPSA) is 76.1 Å². The predicted octanol–water partition coefficient (Wildman–Crippen LogP) is 4.63. The summed E-state index contributed by atoms with van der Waals surface area (Å²) in [7, 11) is 1.50. The van der Waals surface area contributed by atoms with E-state index >= 15 is 0 Å². The maximum atomic E-state index is 13.1. The van der Waals surface area contributed by atoms with Gasteiger partial charge in [0.25, 0.3) is 0 Å². The van der Waals surface area contributed by atoms with Crippen molar-refractivity contribution in [3.63, 3.8) is 0 Å². The number of carbonyl (C=O) groups excluding carboxylic acids is 1.